The second-order valence-electron chi connectivity index (χ2n) is 4.40. The number of carbonyl (C=O) groups is 2. The second-order valence-corrected chi connectivity index (χ2v) is 4.40. The zero-order chi connectivity index (χ0) is 11.4. The Morgan fingerprint density at radius 3 is 2.44 bits per heavy atom. The number of cyclic esters (lactones) is 2. The van der Waals surface area contributed by atoms with E-state index >= 15 is 0 Å². The van der Waals surface area contributed by atoms with Crippen LogP contribution >= 0.6 is 0 Å². The summed E-state index contributed by atoms with van der Waals surface area (Å²) in [5.41, 5.74) is -2.01. The Morgan fingerprint density at radius 1 is 1.25 bits per heavy atom. The molecule has 3 fully saturated rings. The van der Waals surface area contributed by atoms with Gasteiger partial charge in [0.1, 0.15) is 5.54 Å². The van der Waals surface area contributed by atoms with E-state index in [9.17, 15) is 14.9 Å². The zero-order valence-corrected chi connectivity index (χ0v) is 8.49. The van der Waals surface area contributed by atoms with Gasteiger partial charge in [-0.25, -0.2) is 4.79 Å². The van der Waals surface area contributed by atoms with E-state index in [-0.39, 0.29) is 12.6 Å². The Balaban J connectivity index is 1.93. The van der Waals surface area contributed by atoms with Crippen molar-refractivity contribution in [3.05, 3.63) is 0 Å². The summed E-state index contributed by atoms with van der Waals surface area (Å²) in [6.07, 6.45) is 0.863. The van der Waals surface area contributed by atoms with Crippen LogP contribution in [0.25, 0.3) is 0 Å². The molecule has 3 aliphatic heterocycles. The van der Waals surface area contributed by atoms with Crippen LogP contribution in [-0.4, -0.2) is 36.7 Å². The van der Waals surface area contributed by atoms with Crippen molar-refractivity contribution >= 4 is 11.9 Å². The molecule has 6 nitrogen and oxygen atoms in total. The molecule has 0 unspecified atom stereocenters. The normalized spacial score (nSPS) is 45.3. The summed E-state index contributed by atoms with van der Waals surface area (Å²) in [5, 5.41) is 12.1. The monoisotopic (exact) mass is 222 g/mol. The number of hydrogen-bond donors (Lipinski definition) is 1. The standard InChI is InChI=1S/C10H10N2O4/c11-5-9(1-3-15-7(9)13)6-10(12-6)2-4-16-8(10)14/h6,12H,1-4H2/t6-,9+,10+/m0/s1. The highest BCUT2D eigenvalue weighted by molar-refractivity contribution is 5.93. The van der Waals surface area contributed by atoms with Crippen LogP contribution in [0, 0.1) is 16.7 Å². The number of nitriles is 1. The lowest BCUT2D eigenvalue weighted by Gasteiger charge is -2.14. The van der Waals surface area contributed by atoms with E-state index in [0.29, 0.717) is 19.4 Å². The number of nitrogens with zero attached hydrogens (tertiary/aromatic N) is 1. The van der Waals surface area contributed by atoms with Gasteiger partial charge in [-0.3, -0.25) is 10.1 Å². The van der Waals surface area contributed by atoms with Crippen LogP contribution in [0.3, 0.4) is 0 Å². The minimum Gasteiger partial charge on any atom is -0.464 e. The van der Waals surface area contributed by atoms with Gasteiger partial charge in [-0.2, -0.15) is 5.26 Å². The summed E-state index contributed by atoms with van der Waals surface area (Å²) in [5.74, 6) is -0.879. The Bertz CT molecular complexity index is 429. The summed E-state index contributed by atoms with van der Waals surface area (Å²) in [6.45, 7) is 0.592. The van der Waals surface area contributed by atoms with Gasteiger partial charge >= 0.3 is 11.9 Å². The van der Waals surface area contributed by atoms with E-state index in [0.717, 1.165) is 0 Å². The molecular formula is C10H10N2O4. The Morgan fingerprint density at radius 2 is 1.94 bits per heavy atom. The van der Waals surface area contributed by atoms with E-state index in [1.165, 1.54) is 0 Å². The molecule has 3 heterocycles. The Kier molecular flexibility index (Phi) is 1.64. The molecule has 0 amide bonds. The van der Waals surface area contributed by atoms with Crippen molar-refractivity contribution in [2.75, 3.05) is 13.2 Å². The van der Waals surface area contributed by atoms with E-state index in [2.05, 4.69) is 5.32 Å². The molecular weight excluding hydrogens is 212 g/mol. The van der Waals surface area contributed by atoms with Crippen LogP contribution < -0.4 is 5.32 Å². The van der Waals surface area contributed by atoms with Gasteiger partial charge in [-0.15, -0.1) is 0 Å². The van der Waals surface area contributed by atoms with Crippen LogP contribution in [0.2, 0.25) is 0 Å². The summed E-state index contributed by atoms with van der Waals surface area (Å²) in [7, 11) is 0. The SMILES string of the molecule is N#C[C@@]1([C@@H]2N[C@]23CCOC3=O)CCOC1=O. The predicted octanol–water partition coefficient (Wildman–Crippen LogP) is -0.899. The summed E-state index contributed by atoms with van der Waals surface area (Å²) < 4.78 is 9.73. The van der Waals surface area contributed by atoms with Crippen LogP contribution in [-0.2, 0) is 19.1 Å². The average molecular weight is 222 g/mol. The largest absolute Gasteiger partial charge is 0.464 e. The van der Waals surface area contributed by atoms with Crippen molar-refractivity contribution in [1.82, 2.24) is 5.32 Å². The maximum atomic E-state index is 11.6. The van der Waals surface area contributed by atoms with Crippen LogP contribution in [0.5, 0.6) is 0 Å². The van der Waals surface area contributed by atoms with Gasteiger partial charge in [0.2, 0.25) is 0 Å². The first-order valence-electron chi connectivity index (χ1n) is 5.19. The first-order valence-corrected chi connectivity index (χ1v) is 5.19. The fourth-order valence-electron chi connectivity index (χ4n) is 2.65. The minimum absolute atomic E-state index is 0.246. The highest BCUT2D eigenvalue weighted by Crippen LogP contribution is 2.49. The van der Waals surface area contributed by atoms with Crippen LogP contribution in [0.1, 0.15) is 12.8 Å². The molecule has 3 rings (SSSR count). The molecule has 0 bridgehead atoms. The maximum Gasteiger partial charge on any atom is 0.328 e. The van der Waals surface area contributed by atoms with Crippen LogP contribution in [0.4, 0.5) is 0 Å². The zero-order valence-electron chi connectivity index (χ0n) is 8.49. The number of ether oxygens (including phenoxy) is 2. The average Bonchev–Trinajstić information content (AvgIpc) is 2.72. The molecule has 0 radical (unpaired) electrons. The molecule has 3 aliphatic rings. The number of rotatable bonds is 1. The third kappa shape index (κ3) is 0.895. The number of nitrogens with one attached hydrogen (secondary N) is 1. The molecule has 3 atom stereocenters. The molecule has 16 heavy (non-hydrogen) atoms. The number of hydrogen-bond acceptors (Lipinski definition) is 6. The lowest BCUT2D eigenvalue weighted by Crippen LogP contribution is -2.37. The molecule has 84 valence electrons. The smallest absolute Gasteiger partial charge is 0.328 e. The quantitative estimate of drug-likeness (QED) is 0.456. The molecule has 0 aromatic carbocycles. The summed E-state index contributed by atoms with van der Waals surface area (Å²) in [4.78, 5) is 23.2. The van der Waals surface area contributed by atoms with Crippen molar-refractivity contribution in [3.63, 3.8) is 0 Å². The van der Waals surface area contributed by atoms with Gasteiger partial charge in [-0.1, -0.05) is 0 Å². The van der Waals surface area contributed by atoms with Crippen molar-refractivity contribution in [2.45, 2.75) is 24.4 Å². The van der Waals surface area contributed by atoms with E-state index in [4.69, 9.17) is 9.47 Å². The highest BCUT2D eigenvalue weighted by atomic mass is 16.5. The van der Waals surface area contributed by atoms with E-state index in [1.54, 1.807) is 0 Å². The lowest BCUT2D eigenvalue weighted by molar-refractivity contribution is -0.144. The summed E-state index contributed by atoms with van der Waals surface area (Å²) >= 11 is 0. The Labute approximate surface area is 91.5 Å². The number of esters is 2. The first kappa shape index (κ1) is 9.60. The van der Waals surface area contributed by atoms with Crippen LogP contribution in [0.15, 0.2) is 0 Å². The first-order chi connectivity index (χ1) is 7.66. The van der Waals surface area contributed by atoms with Gasteiger partial charge in [0.05, 0.1) is 25.3 Å². The third-order valence-electron chi connectivity index (χ3n) is 3.69. The van der Waals surface area contributed by atoms with Crippen molar-refractivity contribution < 1.29 is 19.1 Å². The summed E-state index contributed by atoms with van der Waals surface area (Å²) in [6, 6.07) is 1.57. The molecule has 1 N–H and O–H groups in total. The topological polar surface area (TPSA) is 98.3 Å². The van der Waals surface area contributed by atoms with Gasteiger partial charge < -0.3 is 9.47 Å². The molecule has 0 aliphatic carbocycles. The third-order valence-corrected chi connectivity index (χ3v) is 3.69. The van der Waals surface area contributed by atoms with Crippen molar-refractivity contribution in [3.8, 4) is 6.07 Å². The fourth-order valence-corrected chi connectivity index (χ4v) is 2.65. The van der Waals surface area contributed by atoms with Gasteiger partial charge in [0, 0.05) is 12.8 Å². The maximum absolute atomic E-state index is 11.6. The van der Waals surface area contributed by atoms with E-state index < -0.39 is 23.0 Å². The molecule has 6 heteroatoms. The molecule has 0 aromatic rings. The van der Waals surface area contributed by atoms with Crippen molar-refractivity contribution in [1.29, 1.82) is 5.26 Å². The predicted molar refractivity (Wildman–Crippen MR) is 48.9 cm³/mol. The highest BCUT2D eigenvalue weighted by Gasteiger charge is 2.74. The minimum atomic E-state index is -1.20. The van der Waals surface area contributed by atoms with Gasteiger partial charge in [-0.05, 0) is 0 Å². The molecule has 1 spiro atoms. The Hall–Kier alpha value is -1.61. The lowest BCUT2D eigenvalue weighted by atomic mass is 9.79. The van der Waals surface area contributed by atoms with Crippen molar-refractivity contribution in [2.24, 2.45) is 5.41 Å². The molecule has 3 saturated heterocycles. The molecule has 0 saturated carbocycles. The van der Waals surface area contributed by atoms with E-state index in [1.807, 2.05) is 6.07 Å². The second kappa shape index (κ2) is 2.74. The van der Waals surface area contributed by atoms with Gasteiger partial charge in [0.15, 0.2) is 5.41 Å². The fraction of sp³-hybridized carbons (Fsp3) is 0.700. The molecule has 0 aromatic heterocycles. The number of carbonyl (C=O) groups excluding carboxylic acids is 2. The van der Waals surface area contributed by atoms with Gasteiger partial charge in [0.25, 0.3) is 0 Å².